The second kappa shape index (κ2) is 4.97. The number of thiazole rings is 1. The molecule has 1 aromatic heterocycles. The average molecular weight is 267 g/mol. The Kier molecular flexibility index (Phi) is 3.73. The van der Waals surface area contributed by atoms with Gasteiger partial charge in [0.05, 0.1) is 10.6 Å². The first-order chi connectivity index (χ1) is 8.47. The van der Waals surface area contributed by atoms with Gasteiger partial charge in [-0.25, -0.2) is 4.98 Å². The molecule has 1 aliphatic rings. The molecule has 0 N–H and O–H groups in total. The Balaban J connectivity index is 2.22. The van der Waals surface area contributed by atoms with E-state index in [2.05, 4.69) is 35.7 Å². The van der Waals surface area contributed by atoms with Crippen LogP contribution in [0.2, 0.25) is 0 Å². The van der Waals surface area contributed by atoms with E-state index >= 15 is 0 Å². The molecular weight excluding hydrogens is 246 g/mol. The van der Waals surface area contributed by atoms with Gasteiger partial charge in [0.2, 0.25) is 0 Å². The predicted octanol–water partition coefficient (Wildman–Crippen LogP) is 2.05. The molecule has 0 atom stereocenters. The number of likely N-dealkylation sites (N-methyl/N-ethyl adjacent to an activating group) is 1. The molecule has 0 amide bonds. The average Bonchev–Trinajstić information content (AvgIpc) is 2.75. The number of carbonyl (C=O) groups excluding carboxylic acids is 1. The summed E-state index contributed by atoms with van der Waals surface area (Å²) in [5.74, 6) is 0. The van der Waals surface area contributed by atoms with E-state index in [0.29, 0.717) is 0 Å². The van der Waals surface area contributed by atoms with Crippen LogP contribution >= 0.6 is 11.3 Å². The highest BCUT2D eigenvalue weighted by Crippen LogP contribution is 2.29. The molecule has 100 valence electrons. The lowest BCUT2D eigenvalue weighted by Gasteiger charge is -2.45. The molecule has 0 aliphatic carbocycles. The van der Waals surface area contributed by atoms with Crippen molar-refractivity contribution in [3.63, 3.8) is 0 Å². The summed E-state index contributed by atoms with van der Waals surface area (Å²) in [6.07, 6.45) is 1.75. The van der Waals surface area contributed by atoms with E-state index in [1.807, 2.05) is 6.92 Å². The minimum atomic E-state index is 0.150. The van der Waals surface area contributed by atoms with Crippen molar-refractivity contribution in [3.8, 4) is 0 Å². The van der Waals surface area contributed by atoms with Crippen LogP contribution in [0.25, 0.3) is 0 Å². The molecule has 4 nitrogen and oxygen atoms in total. The number of hydrogen-bond donors (Lipinski definition) is 0. The number of rotatable bonds is 3. The van der Waals surface area contributed by atoms with E-state index in [1.54, 1.807) is 0 Å². The molecule has 1 aliphatic heterocycles. The topological polar surface area (TPSA) is 36.4 Å². The van der Waals surface area contributed by atoms with E-state index in [1.165, 1.54) is 11.3 Å². The minimum Gasteiger partial charge on any atom is -0.345 e. The van der Waals surface area contributed by atoms with Gasteiger partial charge in [-0.1, -0.05) is 18.3 Å². The Morgan fingerprint density at radius 1 is 1.44 bits per heavy atom. The highest BCUT2D eigenvalue weighted by atomic mass is 32.1. The van der Waals surface area contributed by atoms with Crippen LogP contribution < -0.4 is 4.90 Å². The van der Waals surface area contributed by atoms with Gasteiger partial charge in [-0.2, -0.15) is 0 Å². The van der Waals surface area contributed by atoms with Crippen LogP contribution in [0, 0.1) is 0 Å². The van der Waals surface area contributed by atoms with Crippen LogP contribution in [0.4, 0.5) is 5.13 Å². The van der Waals surface area contributed by atoms with Crippen molar-refractivity contribution in [2.45, 2.75) is 32.7 Å². The van der Waals surface area contributed by atoms with Gasteiger partial charge in [0, 0.05) is 25.2 Å². The van der Waals surface area contributed by atoms with E-state index in [4.69, 9.17) is 0 Å². The third-order valence-corrected chi connectivity index (χ3v) is 4.83. The van der Waals surface area contributed by atoms with Gasteiger partial charge in [0.25, 0.3) is 0 Å². The van der Waals surface area contributed by atoms with Crippen molar-refractivity contribution in [1.82, 2.24) is 9.88 Å². The molecule has 0 radical (unpaired) electrons. The van der Waals surface area contributed by atoms with Crippen LogP contribution in [0.5, 0.6) is 0 Å². The highest BCUT2D eigenvalue weighted by molar-refractivity contribution is 7.17. The van der Waals surface area contributed by atoms with E-state index in [9.17, 15) is 4.79 Å². The smallest absolute Gasteiger partial charge is 0.186 e. The lowest BCUT2D eigenvalue weighted by Crippen LogP contribution is -2.57. The predicted molar refractivity (Wildman–Crippen MR) is 75.8 cm³/mol. The summed E-state index contributed by atoms with van der Waals surface area (Å²) in [4.78, 5) is 21.1. The van der Waals surface area contributed by atoms with Crippen LogP contribution in [0.15, 0.2) is 0 Å². The highest BCUT2D eigenvalue weighted by Gasteiger charge is 2.32. The van der Waals surface area contributed by atoms with Crippen molar-refractivity contribution >= 4 is 22.8 Å². The maximum atomic E-state index is 11.0. The second-order valence-corrected chi connectivity index (χ2v) is 6.44. The largest absolute Gasteiger partial charge is 0.345 e. The van der Waals surface area contributed by atoms with Crippen LogP contribution in [-0.4, -0.2) is 48.4 Å². The van der Waals surface area contributed by atoms with Crippen LogP contribution in [0.1, 0.15) is 36.1 Å². The van der Waals surface area contributed by atoms with Gasteiger partial charge in [-0.15, -0.1) is 0 Å². The Hall–Kier alpha value is -0.940. The third kappa shape index (κ3) is 2.42. The summed E-state index contributed by atoms with van der Waals surface area (Å²) in [6.45, 7) is 9.50. The maximum Gasteiger partial charge on any atom is 0.186 e. The normalized spacial score (nSPS) is 20.1. The molecule has 1 aromatic rings. The van der Waals surface area contributed by atoms with E-state index < -0.39 is 0 Å². The number of aromatic nitrogens is 1. The zero-order valence-corrected chi connectivity index (χ0v) is 12.4. The summed E-state index contributed by atoms with van der Waals surface area (Å²) < 4.78 is 0. The quantitative estimate of drug-likeness (QED) is 0.785. The Morgan fingerprint density at radius 3 is 2.67 bits per heavy atom. The van der Waals surface area contributed by atoms with Gasteiger partial charge in [0.1, 0.15) is 0 Å². The molecule has 0 spiro atoms. The first kappa shape index (κ1) is 13.5. The zero-order chi connectivity index (χ0) is 13.3. The number of piperazine rings is 1. The van der Waals surface area contributed by atoms with Gasteiger partial charge in [-0.3, -0.25) is 9.69 Å². The monoisotopic (exact) mass is 267 g/mol. The molecule has 0 saturated carbocycles. The molecule has 2 heterocycles. The van der Waals surface area contributed by atoms with Crippen molar-refractivity contribution in [1.29, 1.82) is 0 Å². The standard InChI is InChI=1S/C13H21N3OS/c1-5-10-11(8-17)18-12(14-10)16-7-6-15(4)13(2,3)9-16/h8H,5-7,9H2,1-4H3. The molecule has 1 fully saturated rings. The maximum absolute atomic E-state index is 11.0. The fraction of sp³-hybridized carbons (Fsp3) is 0.692. The fourth-order valence-electron chi connectivity index (χ4n) is 2.23. The molecule has 1 saturated heterocycles. The SMILES string of the molecule is CCc1nc(N2CCN(C)C(C)(C)C2)sc1C=O. The van der Waals surface area contributed by atoms with Gasteiger partial charge >= 0.3 is 0 Å². The zero-order valence-electron chi connectivity index (χ0n) is 11.6. The number of hydrogen-bond acceptors (Lipinski definition) is 5. The molecule has 0 bridgehead atoms. The summed E-state index contributed by atoms with van der Waals surface area (Å²) >= 11 is 1.52. The number of aryl methyl sites for hydroxylation is 1. The summed E-state index contributed by atoms with van der Waals surface area (Å²) in [5, 5.41) is 0.995. The van der Waals surface area contributed by atoms with Crippen molar-refractivity contribution in [3.05, 3.63) is 10.6 Å². The van der Waals surface area contributed by atoms with Crippen molar-refractivity contribution in [2.24, 2.45) is 0 Å². The molecule has 18 heavy (non-hydrogen) atoms. The Morgan fingerprint density at radius 2 is 2.17 bits per heavy atom. The van der Waals surface area contributed by atoms with E-state index in [-0.39, 0.29) is 5.54 Å². The molecule has 5 heteroatoms. The number of anilines is 1. The molecule has 0 unspecified atom stereocenters. The number of carbonyl (C=O) groups is 1. The summed E-state index contributed by atoms with van der Waals surface area (Å²) in [5.41, 5.74) is 1.08. The van der Waals surface area contributed by atoms with Gasteiger partial charge in [-0.05, 0) is 27.3 Å². The first-order valence-corrected chi connectivity index (χ1v) is 7.20. The fourth-order valence-corrected chi connectivity index (χ4v) is 3.23. The Labute approximate surface area is 113 Å². The molecule has 0 aromatic carbocycles. The number of aldehydes is 1. The summed E-state index contributed by atoms with van der Waals surface area (Å²) in [6, 6.07) is 0. The third-order valence-electron chi connectivity index (χ3n) is 3.75. The second-order valence-electron chi connectivity index (χ2n) is 5.43. The van der Waals surface area contributed by atoms with Crippen molar-refractivity contribution in [2.75, 3.05) is 31.6 Å². The summed E-state index contributed by atoms with van der Waals surface area (Å²) in [7, 11) is 2.16. The lowest BCUT2D eigenvalue weighted by molar-refractivity contribution is 0.112. The minimum absolute atomic E-state index is 0.150. The van der Waals surface area contributed by atoms with E-state index in [0.717, 1.165) is 48.0 Å². The lowest BCUT2D eigenvalue weighted by atomic mass is 10.0. The van der Waals surface area contributed by atoms with Crippen LogP contribution in [0.3, 0.4) is 0 Å². The van der Waals surface area contributed by atoms with Crippen LogP contribution in [-0.2, 0) is 6.42 Å². The van der Waals surface area contributed by atoms with Crippen molar-refractivity contribution < 1.29 is 4.79 Å². The van der Waals surface area contributed by atoms with Gasteiger partial charge < -0.3 is 4.90 Å². The number of nitrogens with zero attached hydrogens (tertiary/aromatic N) is 3. The molecule has 2 rings (SSSR count). The van der Waals surface area contributed by atoms with Gasteiger partial charge in [0.15, 0.2) is 11.4 Å². The Bertz CT molecular complexity index is 441. The first-order valence-electron chi connectivity index (χ1n) is 6.39. The molecular formula is C13H21N3OS.